The number of halogens is 1. The van der Waals surface area contributed by atoms with Crippen LogP contribution in [0.15, 0.2) is 4.47 Å². The third-order valence-corrected chi connectivity index (χ3v) is 2.45. The lowest BCUT2D eigenvalue weighted by atomic mass is 10.2. The summed E-state index contributed by atoms with van der Waals surface area (Å²) in [6.45, 7) is 2.12. The van der Waals surface area contributed by atoms with Crippen LogP contribution in [0.1, 0.15) is 19.0 Å². The average Bonchev–Trinajstić information content (AvgIpc) is 2.19. The van der Waals surface area contributed by atoms with Gasteiger partial charge in [-0.3, -0.25) is 4.68 Å². The Labute approximate surface area is 74.7 Å². The topological polar surface area (TPSA) is 43.8 Å². The van der Waals surface area contributed by atoms with Gasteiger partial charge in [0.05, 0.1) is 10.2 Å². The maximum Gasteiger partial charge on any atom is 0.136 e. The largest absolute Gasteiger partial charge is 0.383 e. The van der Waals surface area contributed by atoms with E-state index in [9.17, 15) is 0 Å². The first-order chi connectivity index (χ1) is 5.16. The van der Waals surface area contributed by atoms with Crippen LogP contribution in [-0.2, 0) is 13.5 Å². The standard InChI is InChI=1S/C7H12BrN3/c1-3-4-5-6(8)7(9)11(2)10-5/h3-4,9H2,1-2H3. The van der Waals surface area contributed by atoms with Crippen LogP contribution in [0.5, 0.6) is 0 Å². The van der Waals surface area contributed by atoms with Crippen molar-refractivity contribution in [1.82, 2.24) is 9.78 Å². The van der Waals surface area contributed by atoms with Gasteiger partial charge in [0.25, 0.3) is 0 Å². The van der Waals surface area contributed by atoms with Crippen LogP contribution in [0.2, 0.25) is 0 Å². The van der Waals surface area contributed by atoms with Crippen LogP contribution in [0.3, 0.4) is 0 Å². The molecule has 0 spiro atoms. The summed E-state index contributed by atoms with van der Waals surface area (Å²) in [5.41, 5.74) is 6.74. The Balaban J connectivity index is 2.98. The van der Waals surface area contributed by atoms with Crippen molar-refractivity contribution >= 4 is 21.7 Å². The van der Waals surface area contributed by atoms with Crippen molar-refractivity contribution in [3.8, 4) is 0 Å². The van der Waals surface area contributed by atoms with Crippen LogP contribution in [0.25, 0.3) is 0 Å². The Morgan fingerprint density at radius 1 is 1.64 bits per heavy atom. The summed E-state index contributed by atoms with van der Waals surface area (Å²) in [6.07, 6.45) is 2.07. The molecule has 0 fully saturated rings. The molecule has 4 heteroatoms. The molecule has 0 atom stereocenters. The van der Waals surface area contributed by atoms with Gasteiger partial charge in [-0.15, -0.1) is 0 Å². The summed E-state index contributed by atoms with van der Waals surface area (Å²) in [5.74, 6) is 0.702. The van der Waals surface area contributed by atoms with E-state index in [-0.39, 0.29) is 0 Å². The van der Waals surface area contributed by atoms with Crippen molar-refractivity contribution in [3.05, 3.63) is 10.2 Å². The number of hydrogen-bond acceptors (Lipinski definition) is 2. The predicted octanol–water partition coefficient (Wildman–Crippen LogP) is 1.72. The monoisotopic (exact) mass is 217 g/mol. The summed E-state index contributed by atoms with van der Waals surface area (Å²) in [4.78, 5) is 0. The third kappa shape index (κ3) is 1.56. The minimum atomic E-state index is 0.702. The van der Waals surface area contributed by atoms with E-state index < -0.39 is 0 Å². The molecule has 1 heterocycles. The molecule has 3 nitrogen and oxygen atoms in total. The zero-order valence-corrected chi connectivity index (χ0v) is 8.35. The van der Waals surface area contributed by atoms with Crippen molar-refractivity contribution in [2.75, 3.05) is 5.73 Å². The molecule has 0 unspecified atom stereocenters. The van der Waals surface area contributed by atoms with Gasteiger partial charge in [-0.2, -0.15) is 5.10 Å². The number of anilines is 1. The lowest BCUT2D eigenvalue weighted by Gasteiger charge is -1.90. The molecule has 0 aliphatic heterocycles. The molecule has 62 valence electrons. The molecule has 1 rings (SSSR count). The maximum atomic E-state index is 5.69. The van der Waals surface area contributed by atoms with Gasteiger partial charge < -0.3 is 5.73 Å². The van der Waals surface area contributed by atoms with E-state index >= 15 is 0 Å². The van der Waals surface area contributed by atoms with Crippen molar-refractivity contribution in [3.63, 3.8) is 0 Å². The van der Waals surface area contributed by atoms with Crippen molar-refractivity contribution in [2.24, 2.45) is 7.05 Å². The summed E-state index contributed by atoms with van der Waals surface area (Å²) in [7, 11) is 1.85. The maximum absolute atomic E-state index is 5.69. The van der Waals surface area contributed by atoms with E-state index in [0.717, 1.165) is 23.0 Å². The van der Waals surface area contributed by atoms with Gasteiger partial charge in [0.1, 0.15) is 5.82 Å². The summed E-state index contributed by atoms with van der Waals surface area (Å²) >= 11 is 3.39. The summed E-state index contributed by atoms with van der Waals surface area (Å²) in [5, 5.41) is 4.24. The normalized spacial score (nSPS) is 10.5. The van der Waals surface area contributed by atoms with E-state index in [2.05, 4.69) is 28.0 Å². The Hall–Kier alpha value is -0.510. The Morgan fingerprint density at radius 2 is 2.27 bits per heavy atom. The predicted molar refractivity (Wildman–Crippen MR) is 49.3 cm³/mol. The Kier molecular flexibility index (Phi) is 2.54. The van der Waals surface area contributed by atoms with Crippen molar-refractivity contribution in [2.45, 2.75) is 19.8 Å². The molecule has 0 radical (unpaired) electrons. The van der Waals surface area contributed by atoms with Gasteiger partial charge in [0, 0.05) is 7.05 Å². The second-order valence-corrected chi connectivity index (χ2v) is 3.31. The molecular formula is C7H12BrN3. The van der Waals surface area contributed by atoms with Crippen LogP contribution < -0.4 is 5.73 Å². The Morgan fingerprint density at radius 3 is 2.64 bits per heavy atom. The smallest absolute Gasteiger partial charge is 0.136 e. The number of nitrogens with zero attached hydrogens (tertiary/aromatic N) is 2. The number of aryl methyl sites for hydroxylation is 2. The van der Waals surface area contributed by atoms with Gasteiger partial charge in [-0.25, -0.2) is 0 Å². The Bertz CT molecular complexity index is 254. The highest BCUT2D eigenvalue weighted by atomic mass is 79.9. The lowest BCUT2D eigenvalue weighted by molar-refractivity contribution is 0.741. The SMILES string of the molecule is CCCc1nn(C)c(N)c1Br. The lowest BCUT2D eigenvalue weighted by Crippen LogP contribution is -1.97. The quantitative estimate of drug-likeness (QED) is 0.821. The number of rotatable bonds is 2. The molecule has 0 saturated heterocycles. The number of nitrogen functional groups attached to an aromatic ring is 1. The first kappa shape index (κ1) is 8.59. The molecule has 1 aromatic heterocycles. The molecule has 0 aliphatic rings. The molecule has 2 N–H and O–H groups in total. The van der Waals surface area contributed by atoms with E-state index in [1.165, 1.54) is 0 Å². The van der Waals surface area contributed by atoms with E-state index in [0.29, 0.717) is 5.82 Å². The van der Waals surface area contributed by atoms with E-state index in [4.69, 9.17) is 5.73 Å². The fourth-order valence-electron chi connectivity index (χ4n) is 0.965. The first-order valence-electron chi connectivity index (χ1n) is 3.63. The summed E-state index contributed by atoms with van der Waals surface area (Å²) < 4.78 is 2.64. The molecule has 0 saturated carbocycles. The van der Waals surface area contributed by atoms with Gasteiger partial charge in [0.15, 0.2) is 0 Å². The average molecular weight is 218 g/mol. The van der Waals surface area contributed by atoms with Crippen molar-refractivity contribution < 1.29 is 0 Å². The van der Waals surface area contributed by atoms with Gasteiger partial charge >= 0.3 is 0 Å². The fraction of sp³-hybridized carbons (Fsp3) is 0.571. The van der Waals surface area contributed by atoms with Gasteiger partial charge in [-0.05, 0) is 22.4 Å². The zero-order chi connectivity index (χ0) is 8.43. The number of aromatic nitrogens is 2. The van der Waals surface area contributed by atoms with Crippen LogP contribution in [0.4, 0.5) is 5.82 Å². The molecule has 11 heavy (non-hydrogen) atoms. The van der Waals surface area contributed by atoms with Crippen LogP contribution >= 0.6 is 15.9 Å². The third-order valence-electron chi connectivity index (χ3n) is 1.58. The van der Waals surface area contributed by atoms with Crippen LogP contribution in [0, 0.1) is 0 Å². The minimum absolute atomic E-state index is 0.702. The molecule has 1 aromatic rings. The molecule has 0 aromatic carbocycles. The van der Waals surface area contributed by atoms with Crippen LogP contribution in [-0.4, -0.2) is 9.78 Å². The molecule has 0 amide bonds. The summed E-state index contributed by atoms with van der Waals surface area (Å²) in [6, 6.07) is 0. The highest BCUT2D eigenvalue weighted by molar-refractivity contribution is 9.10. The number of nitrogens with two attached hydrogens (primary N) is 1. The van der Waals surface area contributed by atoms with E-state index in [1.807, 2.05) is 7.05 Å². The molecule has 0 aliphatic carbocycles. The van der Waals surface area contributed by atoms with Gasteiger partial charge in [0.2, 0.25) is 0 Å². The first-order valence-corrected chi connectivity index (χ1v) is 4.43. The highest BCUT2D eigenvalue weighted by Crippen LogP contribution is 2.23. The molecular weight excluding hydrogens is 206 g/mol. The second-order valence-electron chi connectivity index (χ2n) is 2.52. The number of hydrogen-bond donors (Lipinski definition) is 1. The van der Waals surface area contributed by atoms with Gasteiger partial charge in [-0.1, -0.05) is 13.3 Å². The minimum Gasteiger partial charge on any atom is -0.383 e. The second kappa shape index (κ2) is 3.26. The van der Waals surface area contributed by atoms with Crippen molar-refractivity contribution in [1.29, 1.82) is 0 Å². The van der Waals surface area contributed by atoms with E-state index in [1.54, 1.807) is 4.68 Å². The zero-order valence-electron chi connectivity index (χ0n) is 6.76. The molecule has 0 bridgehead atoms. The fourth-order valence-corrected chi connectivity index (χ4v) is 1.50. The highest BCUT2D eigenvalue weighted by Gasteiger charge is 2.08.